The highest BCUT2D eigenvalue weighted by Gasteiger charge is 2.13. The highest BCUT2D eigenvalue weighted by molar-refractivity contribution is 6.35. The predicted molar refractivity (Wildman–Crippen MR) is 105 cm³/mol. The van der Waals surface area contributed by atoms with Crippen molar-refractivity contribution in [3.8, 4) is 11.5 Å². The van der Waals surface area contributed by atoms with E-state index in [1.807, 2.05) is 31.2 Å². The Hall–Kier alpha value is -1.42. The number of para-hydroxylation sites is 1. The normalized spacial score (nSPS) is 12.0. The molecule has 0 spiro atoms. The molecular weight excluding hydrogens is 357 g/mol. The molecule has 0 saturated heterocycles. The first-order valence-electron chi connectivity index (χ1n) is 8.59. The lowest BCUT2D eigenvalue weighted by Crippen LogP contribution is -2.24. The van der Waals surface area contributed by atoms with Crippen LogP contribution in [0.3, 0.4) is 0 Å². The lowest BCUT2D eigenvalue weighted by molar-refractivity contribution is 0.266. The SMILES string of the molecule is CCOc1cccc(CN[C@H](C)CC)c1OCc1ccc(Cl)cc1Cl. The summed E-state index contributed by atoms with van der Waals surface area (Å²) in [6.45, 7) is 7.95. The molecule has 0 amide bonds. The number of benzene rings is 2. The summed E-state index contributed by atoms with van der Waals surface area (Å²) in [4.78, 5) is 0. The minimum atomic E-state index is 0.358. The van der Waals surface area contributed by atoms with E-state index in [0.29, 0.717) is 29.3 Å². The quantitative estimate of drug-likeness (QED) is 0.589. The molecule has 1 N–H and O–H groups in total. The number of hydrogen-bond acceptors (Lipinski definition) is 3. The Kier molecular flexibility index (Phi) is 7.89. The standard InChI is InChI=1S/C20H25Cl2NO2/c1-4-14(3)23-12-15-7-6-8-19(24-5-2)20(15)25-13-16-9-10-17(21)11-18(16)22/h6-11,14,23H,4-5,12-13H2,1-3H3/t14-/m1/s1. The molecule has 0 aliphatic carbocycles. The van der Waals surface area contributed by atoms with Crippen LogP contribution in [-0.2, 0) is 13.2 Å². The third-order valence-corrected chi connectivity index (χ3v) is 4.59. The fraction of sp³-hybridized carbons (Fsp3) is 0.400. The number of hydrogen-bond donors (Lipinski definition) is 1. The van der Waals surface area contributed by atoms with Gasteiger partial charge in [-0.2, -0.15) is 0 Å². The highest BCUT2D eigenvalue weighted by Crippen LogP contribution is 2.33. The second kappa shape index (κ2) is 9.91. The Labute approximate surface area is 160 Å². The Bertz CT molecular complexity index is 691. The second-order valence-electron chi connectivity index (χ2n) is 5.89. The van der Waals surface area contributed by atoms with Crippen molar-refractivity contribution >= 4 is 23.2 Å². The van der Waals surface area contributed by atoms with Gasteiger partial charge in [0.1, 0.15) is 6.61 Å². The van der Waals surface area contributed by atoms with Crippen LogP contribution >= 0.6 is 23.2 Å². The Morgan fingerprint density at radius 3 is 2.52 bits per heavy atom. The molecule has 3 nitrogen and oxygen atoms in total. The Morgan fingerprint density at radius 2 is 1.84 bits per heavy atom. The van der Waals surface area contributed by atoms with Crippen molar-refractivity contribution in [2.75, 3.05) is 6.61 Å². The average molecular weight is 382 g/mol. The zero-order chi connectivity index (χ0) is 18.2. The number of nitrogens with one attached hydrogen (secondary N) is 1. The van der Waals surface area contributed by atoms with Gasteiger partial charge in [0.25, 0.3) is 0 Å². The summed E-state index contributed by atoms with van der Waals surface area (Å²) >= 11 is 12.2. The van der Waals surface area contributed by atoms with E-state index in [2.05, 4.69) is 25.2 Å². The van der Waals surface area contributed by atoms with Gasteiger partial charge in [-0.3, -0.25) is 0 Å². The first-order valence-corrected chi connectivity index (χ1v) is 9.35. The number of halogens is 2. The third kappa shape index (κ3) is 5.81. The summed E-state index contributed by atoms with van der Waals surface area (Å²) in [5, 5.41) is 4.71. The van der Waals surface area contributed by atoms with Crippen molar-refractivity contribution in [3.63, 3.8) is 0 Å². The van der Waals surface area contributed by atoms with Gasteiger partial charge < -0.3 is 14.8 Å². The molecule has 0 heterocycles. The van der Waals surface area contributed by atoms with Crippen molar-refractivity contribution in [1.29, 1.82) is 0 Å². The summed E-state index contributed by atoms with van der Waals surface area (Å²) < 4.78 is 11.8. The van der Waals surface area contributed by atoms with E-state index in [0.717, 1.165) is 35.6 Å². The van der Waals surface area contributed by atoms with Crippen LogP contribution in [0.15, 0.2) is 36.4 Å². The van der Waals surface area contributed by atoms with Crippen molar-refractivity contribution in [1.82, 2.24) is 5.32 Å². The molecular formula is C20H25Cl2NO2. The lowest BCUT2D eigenvalue weighted by atomic mass is 10.1. The maximum Gasteiger partial charge on any atom is 0.166 e. The summed E-state index contributed by atoms with van der Waals surface area (Å²) in [5.74, 6) is 1.50. The Morgan fingerprint density at radius 1 is 1.04 bits per heavy atom. The summed E-state index contributed by atoms with van der Waals surface area (Å²) in [5.41, 5.74) is 1.95. The van der Waals surface area contributed by atoms with Crippen LogP contribution in [0.25, 0.3) is 0 Å². The van der Waals surface area contributed by atoms with Gasteiger partial charge in [0.15, 0.2) is 11.5 Å². The molecule has 0 saturated carbocycles. The zero-order valence-electron chi connectivity index (χ0n) is 14.9. The minimum Gasteiger partial charge on any atom is -0.490 e. The van der Waals surface area contributed by atoms with E-state index >= 15 is 0 Å². The van der Waals surface area contributed by atoms with Crippen LogP contribution < -0.4 is 14.8 Å². The van der Waals surface area contributed by atoms with Gasteiger partial charge in [-0.1, -0.05) is 48.3 Å². The maximum atomic E-state index is 6.25. The molecule has 0 bridgehead atoms. The van der Waals surface area contributed by atoms with E-state index in [1.54, 1.807) is 6.07 Å². The molecule has 0 aliphatic rings. The molecule has 0 aliphatic heterocycles. The van der Waals surface area contributed by atoms with Gasteiger partial charge in [0.05, 0.1) is 6.61 Å². The largest absolute Gasteiger partial charge is 0.490 e. The molecule has 25 heavy (non-hydrogen) atoms. The van der Waals surface area contributed by atoms with Gasteiger partial charge >= 0.3 is 0 Å². The summed E-state index contributed by atoms with van der Waals surface area (Å²) in [6, 6.07) is 11.8. The van der Waals surface area contributed by atoms with Crippen LogP contribution in [0, 0.1) is 0 Å². The van der Waals surface area contributed by atoms with E-state index in [4.69, 9.17) is 32.7 Å². The highest BCUT2D eigenvalue weighted by atomic mass is 35.5. The van der Waals surface area contributed by atoms with Gasteiger partial charge in [-0.25, -0.2) is 0 Å². The van der Waals surface area contributed by atoms with Crippen molar-refractivity contribution in [3.05, 3.63) is 57.6 Å². The van der Waals surface area contributed by atoms with Crippen LogP contribution in [0.5, 0.6) is 11.5 Å². The third-order valence-electron chi connectivity index (χ3n) is 4.00. The molecule has 2 aromatic carbocycles. The van der Waals surface area contributed by atoms with Crippen LogP contribution in [0.4, 0.5) is 0 Å². The number of ether oxygens (including phenoxy) is 2. The van der Waals surface area contributed by atoms with Crippen LogP contribution in [-0.4, -0.2) is 12.6 Å². The van der Waals surface area contributed by atoms with Crippen molar-refractivity contribution in [2.24, 2.45) is 0 Å². The molecule has 0 unspecified atom stereocenters. The zero-order valence-corrected chi connectivity index (χ0v) is 16.5. The van der Waals surface area contributed by atoms with E-state index in [-0.39, 0.29) is 0 Å². The van der Waals surface area contributed by atoms with Crippen molar-refractivity contribution in [2.45, 2.75) is 46.4 Å². The monoisotopic (exact) mass is 381 g/mol. The molecule has 2 aromatic rings. The lowest BCUT2D eigenvalue weighted by Gasteiger charge is -2.18. The molecule has 0 aromatic heterocycles. The molecule has 1 atom stereocenters. The molecule has 0 fully saturated rings. The van der Waals surface area contributed by atoms with Gasteiger partial charge in [0.2, 0.25) is 0 Å². The van der Waals surface area contributed by atoms with Gasteiger partial charge in [-0.05, 0) is 38.5 Å². The Balaban J connectivity index is 2.20. The van der Waals surface area contributed by atoms with E-state index < -0.39 is 0 Å². The van der Waals surface area contributed by atoms with Crippen molar-refractivity contribution < 1.29 is 9.47 Å². The minimum absolute atomic E-state index is 0.358. The predicted octanol–water partition coefficient (Wildman–Crippen LogP) is 5.86. The van der Waals surface area contributed by atoms with Crippen LogP contribution in [0.2, 0.25) is 10.0 Å². The fourth-order valence-electron chi connectivity index (χ4n) is 2.35. The molecule has 5 heteroatoms. The maximum absolute atomic E-state index is 6.25. The molecule has 0 radical (unpaired) electrons. The summed E-state index contributed by atoms with van der Waals surface area (Å²) in [7, 11) is 0. The second-order valence-corrected chi connectivity index (χ2v) is 6.74. The topological polar surface area (TPSA) is 30.5 Å². The molecule has 2 rings (SSSR count). The number of rotatable bonds is 9. The fourth-order valence-corrected chi connectivity index (χ4v) is 2.81. The summed E-state index contributed by atoms with van der Waals surface area (Å²) in [6.07, 6.45) is 1.07. The molecule has 136 valence electrons. The smallest absolute Gasteiger partial charge is 0.166 e. The van der Waals surface area contributed by atoms with Crippen LogP contribution in [0.1, 0.15) is 38.3 Å². The first-order chi connectivity index (χ1) is 12.0. The van der Waals surface area contributed by atoms with E-state index in [9.17, 15) is 0 Å². The first kappa shape index (κ1) is 19.9. The van der Waals surface area contributed by atoms with Gasteiger partial charge in [0, 0.05) is 33.8 Å². The van der Waals surface area contributed by atoms with Gasteiger partial charge in [-0.15, -0.1) is 0 Å². The van der Waals surface area contributed by atoms with E-state index in [1.165, 1.54) is 0 Å². The average Bonchev–Trinajstić information content (AvgIpc) is 2.60.